The Bertz CT molecular complexity index is 532. The summed E-state index contributed by atoms with van der Waals surface area (Å²) in [5.74, 6) is 2.82. The second kappa shape index (κ2) is 5.16. The van der Waals surface area contributed by atoms with E-state index in [1.54, 1.807) is 0 Å². The van der Waals surface area contributed by atoms with Gasteiger partial charge < -0.3 is 9.47 Å². The molecule has 0 spiro atoms. The first-order valence-corrected chi connectivity index (χ1v) is 6.11. The van der Waals surface area contributed by atoms with Crippen molar-refractivity contribution in [2.75, 3.05) is 11.9 Å². The molecule has 2 aromatic heterocycles. The fourth-order valence-corrected chi connectivity index (χ4v) is 1.90. The fourth-order valence-electron chi connectivity index (χ4n) is 1.90. The predicted octanol–water partition coefficient (Wildman–Crippen LogP) is 1.72. The number of rotatable bonds is 4. The molecule has 18 heavy (non-hydrogen) atoms. The summed E-state index contributed by atoms with van der Waals surface area (Å²) in [5.41, 5.74) is 1.16. The van der Waals surface area contributed by atoms with E-state index in [4.69, 9.17) is 0 Å². The summed E-state index contributed by atoms with van der Waals surface area (Å²) in [6.07, 6.45) is 6.61. The number of nitrogens with zero attached hydrogens (tertiary/aromatic N) is 5. The van der Waals surface area contributed by atoms with Crippen molar-refractivity contribution in [2.24, 2.45) is 7.05 Å². The van der Waals surface area contributed by atoms with E-state index in [0.29, 0.717) is 0 Å². The first-order chi connectivity index (χ1) is 8.61. The monoisotopic (exact) mass is 245 g/mol. The Hall–Kier alpha value is -1.91. The summed E-state index contributed by atoms with van der Waals surface area (Å²) in [4.78, 5) is 15.2. The molecule has 0 saturated carbocycles. The molecule has 5 nitrogen and oxygen atoms in total. The van der Waals surface area contributed by atoms with Crippen LogP contribution in [0.3, 0.4) is 0 Å². The van der Waals surface area contributed by atoms with Crippen molar-refractivity contribution in [3.8, 4) is 0 Å². The molecule has 0 bridgehead atoms. The zero-order chi connectivity index (χ0) is 13.1. The zero-order valence-corrected chi connectivity index (χ0v) is 11.4. The standard InChI is InChI=1S/C13H19N5/c1-5-11-8-15-10(2)16-13(11)18(4)9-12-14-6-7-17(12)3/h6-8H,5,9H2,1-4H3. The van der Waals surface area contributed by atoms with Gasteiger partial charge in [-0.15, -0.1) is 0 Å². The van der Waals surface area contributed by atoms with Crippen LogP contribution in [0.1, 0.15) is 24.1 Å². The second-order valence-electron chi connectivity index (χ2n) is 4.43. The molecule has 5 heteroatoms. The average molecular weight is 245 g/mol. The molecule has 2 rings (SSSR count). The minimum atomic E-state index is 0.743. The SMILES string of the molecule is CCc1cnc(C)nc1N(C)Cc1nccn1C. The molecule has 0 aliphatic rings. The van der Waals surface area contributed by atoms with Gasteiger partial charge in [0, 0.05) is 38.2 Å². The lowest BCUT2D eigenvalue weighted by molar-refractivity contribution is 0.748. The van der Waals surface area contributed by atoms with Gasteiger partial charge in [-0.2, -0.15) is 0 Å². The third kappa shape index (κ3) is 2.50. The van der Waals surface area contributed by atoms with Gasteiger partial charge in [-0.1, -0.05) is 6.92 Å². The van der Waals surface area contributed by atoms with Crippen LogP contribution in [0.25, 0.3) is 0 Å². The smallest absolute Gasteiger partial charge is 0.135 e. The van der Waals surface area contributed by atoms with Gasteiger partial charge in [0.05, 0.1) is 6.54 Å². The third-order valence-electron chi connectivity index (χ3n) is 3.00. The fraction of sp³-hybridized carbons (Fsp3) is 0.462. The van der Waals surface area contributed by atoms with E-state index in [1.807, 2.05) is 44.2 Å². The Balaban J connectivity index is 2.25. The quantitative estimate of drug-likeness (QED) is 0.823. The Morgan fingerprint density at radius 1 is 1.33 bits per heavy atom. The van der Waals surface area contributed by atoms with E-state index >= 15 is 0 Å². The van der Waals surface area contributed by atoms with Gasteiger partial charge in [0.15, 0.2) is 0 Å². The summed E-state index contributed by atoms with van der Waals surface area (Å²) in [6.45, 7) is 4.77. The van der Waals surface area contributed by atoms with Crippen LogP contribution in [0.2, 0.25) is 0 Å². The maximum atomic E-state index is 4.53. The molecule has 0 aliphatic carbocycles. The summed E-state index contributed by atoms with van der Waals surface area (Å²) >= 11 is 0. The Morgan fingerprint density at radius 2 is 2.11 bits per heavy atom. The normalized spacial score (nSPS) is 10.7. The van der Waals surface area contributed by atoms with Crippen LogP contribution in [0.5, 0.6) is 0 Å². The molecule has 0 amide bonds. The maximum Gasteiger partial charge on any atom is 0.135 e. The number of anilines is 1. The van der Waals surface area contributed by atoms with Gasteiger partial charge in [-0.25, -0.2) is 15.0 Å². The van der Waals surface area contributed by atoms with Crippen LogP contribution in [0.15, 0.2) is 18.6 Å². The van der Waals surface area contributed by atoms with Crippen LogP contribution in [-0.2, 0) is 20.0 Å². The molecular formula is C13H19N5. The van der Waals surface area contributed by atoms with Gasteiger partial charge in [0.2, 0.25) is 0 Å². The maximum absolute atomic E-state index is 4.53. The Kier molecular flexibility index (Phi) is 3.60. The molecule has 0 aliphatic heterocycles. The molecule has 0 fully saturated rings. The Morgan fingerprint density at radius 3 is 2.72 bits per heavy atom. The van der Waals surface area contributed by atoms with Crippen LogP contribution in [-0.4, -0.2) is 26.6 Å². The predicted molar refractivity (Wildman–Crippen MR) is 71.5 cm³/mol. The molecule has 0 radical (unpaired) electrons. The highest BCUT2D eigenvalue weighted by Crippen LogP contribution is 2.18. The molecule has 0 atom stereocenters. The second-order valence-corrected chi connectivity index (χ2v) is 4.43. The van der Waals surface area contributed by atoms with Crippen molar-refractivity contribution in [3.05, 3.63) is 35.8 Å². The zero-order valence-electron chi connectivity index (χ0n) is 11.4. The lowest BCUT2D eigenvalue weighted by Crippen LogP contribution is -2.22. The van der Waals surface area contributed by atoms with E-state index in [-0.39, 0.29) is 0 Å². The minimum absolute atomic E-state index is 0.743. The highest BCUT2D eigenvalue weighted by molar-refractivity contribution is 5.45. The van der Waals surface area contributed by atoms with Crippen molar-refractivity contribution in [1.29, 1.82) is 0 Å². The molecular weight excluding hydrogens is 226 g/mol. The van der Waals surface area contributed by atoms with Gasteiger partial charge in [0.1, 0.15) is 17.5 Å². The molecule has 0 saturated heterocycles. The third-order valence-corrected chi connectivity index (χ3v) is 3.00. The topological polar surface area (TPSA) is 46.8 Å². The van der Waals surface area contributed by atoms with Gasteiger partial charge in [-0.05, 0) is 13.3 Å². The van der Waals surface area contributed by atoms with Crippen LogP contribution >= 0.6 is 0 Å². The number of aromatic nitrogens is 4. The van der Waals surface area contributed by atoms with E-state index in [1.165, 1.54) is 0 Å². The lowest BCUT2D eigenvalue weighted by Gasteiger charge is -2.20. The van der Waals surface area contributed by atoms with Crippen LogP contribution in [0.4, 0.5) is 5.82 Å². The van der Waals surface area contributed by atoms with Crippen molar-refractivity contribution >= 4 is 5.82 Å². The van der Waals surface area contributed by atoms with Gasteiger partial charge in [-0.3, -0.25) is 0 Å². The van der Waals surface area contributed by atoms with Crippen molar-refractivity contribution in [1.82, 2.24) is 19.5 Å². The average Bonchev–Trinajstić information content (AvgIpc) is 2.75. The van der Waals surface area contributed by atoms with E-state index in [9.17, 15) is 0 Å². The minimum Gasteiger partial charge on any atom is -0.352 e. The highest BCUT2D eigenvalue weighted by Gasteiger charge is 2.11. The highest BCUT2D eigenvalue weighted by atomic mass is 15.2. The van der Waals surface area contributed by atoms with E-state index in [0.717, 1.165) is 36.0 Å². The van der Waals surface area contributed by atoms with Crippen molar-refractivity contribution in [2.45, 2.75) is 26.8 Å². The molecule has 0 N–H and O–H groups in total. The molecule has 96 valence electrons. The largest absolute Gasteiger partial charge is 0.352 e. The molecule has 0 aromatic carbocycles. The van der Waals surface area contributed by atoms with Gasteiger partial charge in [0.25, 0.3) is 0 Å². The van der Waals surface area contributed by atoms with Crippen LogP contribution in [0, 0.1) is 6.92 Å². The van der Waals surface area contributed by atoms with E-state index < -0.39 is 0 Å². The lowest BCUT2D eigenvalue weighted by atomic mass is 10.2. The van der Waals surface area contributed by atoms with E-state index in [2.05, 4.69) is 26.8 Å². The first kappa shape index (κ1) is 12.5. The van der Waals surface area contributed by atoms with Crippen LogP contribution < -0.4 is 4.90 Å². The molecule has 0 unspecified atom stereocenters. The number of imidazole rings is 1. The summed E-state index contributed by atoms with van der Waals surface area (Å²) in [5, 5.41) is 0. The number of hydrogen-bond acceptors (Lipinski definition) is 4. The number of aryl methyl sites for hydroxylation is 3. The Labute approximate surface area is 108 Å². The van der Waals surface area contributed by atoms with Gasteiger partial charge >= 0.3 is 0 Å². The summed E-state index contributed by atoms with van der Waals surface area (Å²) in [6, 6.07) is 0. The summed E-state index contributed by atoms with van der Waals surface area (Å²) < 4.78 is 2.02. The first-order valence-electron chi connectivity index (χ1n) is 6.11. The summed E-state index contributed by atoms with van der Waals surface area (Å²) in [7, 11) is 4.04. The van der Waals surface area contributed by atoms with Crippen molar-refractivity contribution < 1.29 is 0 Å². The molecule has 2 heterocycles. The van der Waals surface area contributed by atoms with Crippen molar-refractivity contribution in [3.63, 3.8) is 0 Å². The molecule has 2 aromatic rings. The number of hydrogen-bond donors (Lipinski definition) is 0.